The van der Waals surface area contributed by atoms with E-state index in [0.29, 0.717) is 17.0 Å². The Bertz CT molecular complexity index is 780. The van der Waals surface area contributed by atoms with Gasteiger partial charge in [0, 0.05) is 29.8 Å². The normalized spacial score (nSPS) is 10.3. The molecule has 6 heteroatoms. The van der Waals surface area contributed by atoms with Gasteiger partial charge in [0.25, 0.3) is 11.8 Å². The molecule has 0 spiro atoms. The lowest BCUT2D eigenvalue weighted by Crippen LogP contribution is -2.23. The molecule has 0 saturated carbocycles. The van der Waals surface area contributed by atoms with E-state index >= 15 is 0 Å². The summed E-state index contributed by atoms with van der Waals surface area (Å²) in [6, 6.07) is 10.7. The summed E-state index contributed by atoms with van der Waals surface area (Å²) in [4.78, 5) is 25.6. The Labute approximate surface area is 156 Å². The Kier molecular flexibility index (Phi) is 6.20. The van der Waals surface area contributed by atoms with E-state index in [2.05, 4.69) is 21.2 Å². The van der Waals surface area contributed by atoms with Gasteiger partial charge in [-0.15, -0.1) is 0 Å². The highest BCUT2D eigenvalue weighted by atomic mass is 79.9. The smallest absolute Gasteiger partial charge is 0.262 e. The van der Waals surface area contributed by atoms with Crippen molar-refractivity contribution in [2.24, 2.45) is 0 Å². The van der Waals surface area contributed by atoms with Crippen molar-refractivity contribution in [2.45, 2.75) is 13.8 Å². The molecule has 2 amide bonds. The lowest BCUT2D eigenvalue weighted by Gasteiger charge is -2.14. The van der Waals surface area contributed by atoms with Gasteiger partial charge in [0.05, 0.1) is 0 Å². The molecule has 25 heavy (non-hydrogen) atoms. The van der Waals surface area contributed by atoms with E-state index in [9.17, 15) is 9.59 Å². The van der Waals surface area contributed by atoms with Crippen LogP contribution in [0.2, 0.25) is 0 Å². The number of halogens is 1. The van der Waals surface area contributed by atoms with Crippen LogP contribution in [0, 0.1) is 13.8 Å². The van der Waals surface area contributed by atoms with E-state index in [1.165, 1.54) is 4.90 Å². The molecule has 0 aliphatic carbocycles. The Hall–Kier alpha value is -2.34. The lowest BCUT2D eigenvalue weighted by molar-refractivity contribution is -0.118. The van der Waals surface area contributed by atoms with Gasteiger partial charge in [0.2, 0.25) is 0 Å². The summed E-state index contributed by atoms with van der Waals surface area (Å²) in [5.41, 5.74) is 2.99. The molecule has 1 N–H and O–H groups in total. The fraction of sp³-hybridized carbons (Fsp3) is 0.263. The van der Waals surface area contributed by atoms with Crippen molar-refractivity contribution in [3.63, 3.8) is 0 Å². The number of amides is 2. The summed E-state index contributed by atoms with van der Waals surface area (Å²) < 4.78 is 6.64. The van der Waals surface area contributed by atoms with E-state index in [-0.39, 0.29) is 18.4 Å². The number of hydrogen-bond donors (Lipinski definition) is 1. The van der Waals surface area contributed by atoms with Gasteiger partial charge in [-0.05, 0) is 55.3 Å². The summed E-state index contributed by atoms with van der Waals surface area (Å²) in [6.07, 6.45) is 0. The molecule has 2 aromatic carbocycles. The van der Waals surface area contributed by atoms with Gasteiger partial charge >= 0.3 is 0 Å². The summed E-state index contributed by atoms with van der Waals surface area (Å²) in [5.74, 6) is 0.305. The van der Waals surface area contributed by atoms with Gasteiger partial charge in [-0.25, -0.2) is 0 Å². The topological polar surface area (TPSA) is 58.6 Å². The third-order valence-corrected chi connectivity index (χ3v) is 4.03. The van der Waals surface area contributed by atoms with Crippen molar-refractivity contribution in [2.75, 3.05) is 26.0 Å². The van der Waals surface area contributed by atoms with Crippen LogP contribution in [0.5, 0.6) is 5.75 Å². The molecular weight excluding hydrogens is 384 g/mol. The van der Waals surface area contributed by atoms with Crippen molar-refractivity contribution in [3.8, 4) is 5.75 Å². The maximum Gasteiger partial charge on any atom is 0.262 e. The Morgan fingerprint density at radius 3 is 2.36 bits per heavy atom. The highest BCUT2D eigenvalue weighted by Crippen LogP contribution is 2.27. The average Bonchev–Trinajstić information content (AvgIpc) is 2.53. The fourth-order valence-electron chi connectivity index (χ4n) is 2.45. The SMILES string of the molecule is Cc1cc(Br)cc(C)c1OCC(=O)Nc1cccc(C(=O)N(C)C)c1. The Morgan fingerprint density at radius 1 is 1.12 bits per heavy atom. The number of hydrogen-bond acceptors (Lipinski definition) is 3. The first-order chi connectivity index (χ1) is 11.8. The van der Waals surface area contributed by atoms with Gasteiger partial charge in [-0.2, -0.15) is 0 Å². The Morgan fingerprint density at radius 2 is 1.76 bits per heavy atom. The Balaban J connectivity index is 2.02. The van der Waals surface area contributed by atoms with Crippen LogP contribution in [0.15, 0.2) is 40.9 Å². The molecule has 2 aromatic rings. The molecule has 0 aliphatic rings. The van der Waals surface area contributed by atoms with Gasteiger partial charge in [-0.3, -0.25) is 9.59 Å². The molecule has 0 fully saturated rings. The van der Waals surface area contributed by atoms with Crippen molar-refractivity contribution in [1.82, 2.24) is 4.90 Å². The number of aryl methyl sites for hydroxylation is 2. The number of carbonyl (C=O) groups excluding carboxylic acids is 2. The van der Waals surface area contributed by atoms with Crippen LogP contribution in [0.25, 0.3) is 0 Å². The molecular formula is C19H21BrN2O3. The minimum Gasteiger partial charge on any atom is -0.483 e. The van der Waals surface area contributed by atoms with Crippen molar-refractivity contribution < 1.29 is 14.3 Å². The monoisotopic (exact) mass is 404 g/mol. The number of benzene rings is 2. The first-order valence-corrected chi connectivity index (χ1v) is 8.58. The van der Waals surface area contributed by atoms with E-state index < -0.39 is 0 Å². The van der Waals surface area contributed by atoms with Crippen molar-refractivity contribution >= 4 is 33.4 Å². The number of rotatable bonds is 5. The molecule has 0 saturated heterocycles. The van der Waals surface area contributed by atoms with E-state index in [4.69, 9.17) is 4.74 Å². The van der Waals surface area contributed by atoms with Crippen LogP contribution in [0.3, 0.4) is 0 Å². The molecule has 0 unspecified atom stereocenters. The number of carbonyl (C=O) groups is 2. The minimum absolute atomic E-state index is 0.102. The van der Waals surface area contributed by atoms with Crippen LogP contribution < -0.4 is 10.1 Å². The first-order valence-electron chi connectivity index (χ1n) is 7.79. The standard InChI is InChI=1S/C19H21BrN2O3/c1-12-8-15(20)9-13(2)18(12)25-11-17(23)21-16-7-5-6-14(10-16)19(24)22(3)4/h5-10H,11H2,1-4H3,(H,21,23). The fourth-order valence-corrected chi connectivity index (χ4v) is 3.13. The average molecular weight is 405 g/mol. The number of anilines is 1. The van der Waals surface area contributed by atoms with Crippen LogP contribution >= 0.6 is 15.9 Å². The van der Waals surface area contributed by atoms with Gasteiger partial charge in [0.15, 0.2) is 6.61 Å². The second-order valence-corrected chi connectivity index (χ2v) is 6.90. The summed E-state index contributed by atoms with van der Waals surface area (Å²) in [5, 5.41) is 2.75. The first kappa shape index (κ1) is 19.0. The zero-order chi connectivity index (χ0) is 18.6. The molecule has 0 aromatic heterocycles. The molecule has 0 heterocycles. The highest BCUT2D eigenvalue weighted by Gasteiger charge is 2.11. The number of ether oxygens (including phenoxy) is 1. The van der Waals surface area contributed by atoms with Crippen LogP contribution in [0.1, 0.15) is 21.5 Å². The van der Waals surface area contributed by atoms with Gasteiger partial charge in [-0.1, -0.05) is 22.0 Å². The third-order valence-electron chi connectivity index (χ3n) is 3.57. The summed E-state index contributed by atoms with van der Waals surface area (Å²) >= 11 is 3.43. The zero-order valence-corrected chi connectivity index (χ0v) is 16.3. The maximum atomic E-state index is 12.1. The van der Waals surface area contributed by atoms with Crippen LogP contribution in [-0.4, -0.2) is 37.4 Å². The number of nitrogens with zero attached hydrogens (tertiary/aromatic N) is 1. The minimum atomic E-state index is -0.281. The van der Waals surface area contributed by atoms with Gasteiger partial charge < -0.3 is 15.0 Å². The van der Waals surface area contributed by atoms with E-state index in [0.717, 1.165) is 15.6 Å². The zero-order valence-electron chi connectivity index (χ0n) is 14.7. The van der Waals surface area contributed by atoms with Crippen molar-refractivity contribution in [1.29, 1.82) is 0 Å². The highest BCUT2D eigenvalue weighted by molar-refractivity contribution is 9.10. The maximum absolute atomic E-state index is 12.1. The number of nitrogens with one attached hydrogen (secondary N) is 1. The van der Waals surface area contributed by atoms with E-state index in [1.807, 2.05) is 26.0 Å². The molecule has 0 radical (unpaired) electrons. The predicted molar refractivity (Wildman–Crippen MR) is 102 cm³/mol. The third kappa shape index (κ3) is 5.06. The molecule has 0 aliphatic heterocycles. The summed E-state index contributed by atoms with van der Waals surface area (Å²) in [7, 11) is 3.37. The quantitative estimate of drug-likeness (QED) is 0.824. The second kappa shape index (κ2) is 8.16. The second-order valence-electron chi connectivity index (χ2n) is 5.99. The lowest BCUT2D eigenvalue weighted by atomic mass is 10.1. The van der Waals surface area contributed by atoms with Crippen LogP contribution in [0.4, 0.5) is 5.69 Å². The van der Waals surface area contributed by atoms with Crippen LogP contribution in [-0.2, 0) is 4.79 Å². The predicted octanol–water partition coefficient (Wildman–Crippen LogP) is 3.79. The van der Waals surface area contributed by atoms with Gasteiger partial charge in [0.1, 0.15) is 5.75 Å². The van der Waals surface area contributed by atoms with E-state index in [1.54, 1.807) is 38.4 Å². The largest absolute Gasteiger partial charge is 0.483 e. The summed E-state index contributed by atoms with van der Waals surface area (Å²) in [6.45, 7) is 3.76. The molecule has 2 rings (SSSR count). The molecule has 132 valence electrons. The molecule has 0 atom stereocenters. The molecule has 0 bridgehead atoms. The molecule has 5 nitrogen and oxygen atoms in total. The van der Waals surface area contributed by atoms with Crippen molar-refractivity contribution in [3.05, 3.63) is 57.6 Å².